The third-order valence-electron chi connectivity index (χ3n) is 3.38. The van der Waals surface area contributed by atoms with Gasteiger partial charge in [-0.3, -0.25) is 4.79 Å². The van der Waals surface area contributed by atoms with Crippen LogP contribution in [-0.4, -0.2) is 31.3 Å². The fourth-order valence-corrected chi connectivity index (χ4v) is 2.12. The van der Waals surface area contributed by atoms with Crippen molar-refractivity contribution in [1.82, 2.24) is 5.32 Å². The molecular weight excluding hydrogens is 254 g/mol. The van der Waals surface area contributed by atoms with E-state index < -0.39 is 0 Å². The highest BCUT2D eigenvalue weighted by Crippen LogP contribution is 2.25. The Balaban J connectivity index is 2.25. The molecule has 1 atom stereocenters. The number of fused-ring (bicyclic) bond motifs is 1. The molecule has 0 unspecified atom stereocenters. The van der Waals surface area contributed by atoms with Crippen LogP contribution in [0.4, 0.5) is 0 Å². The Kier molecular flexibility index (Phi) is 4.58. The third-order valence-corrected chi connectivity index (χ3v) is 3.38. The largest absolute Gasteiger partial charge is 0.497 e. The fourth-order valence-electron chi connectivity index (χ4n) is 2.12. The molecule has 20 heavy (non-hydrogen) atoms. The lowest BCUT2D eigenvalue weighted by Gasteiger charge is -2.13. The summed E-state index contributed by atoms with van der Waals surface area (Å²) in [5.41, 5.74) is 0.957. The van der Waals surface area contributed by atoms with Gasteiger partial charge in [0.2, 0.25) is 5.91 Å². The predicted molar refractivity (Wildman–Crippen MR) is 79.0 cm³/mol. The van der Waals surface area contributed by atoms with E-state index in [1.807, 2.05) is 43.3 Å². The van der Waals surface area contributed by atoms with Gasteiger partial charge in [0.05, 0.1) is 19.6 Å². The van der Waals surface area contributed by atoms with Gasteiger partial charge >= 0.3 is 0 Å². The van der Waals surface area contributed by atoms with Crippen LogP contribution >= 0.6 is 0 Å². The van der Waals surface area contributed by atoms with E-state index in [2.05, 4.69) is 5.32 Å². The molecule has 2 aromatic carbocycles. The summed E-state index contributed by atoms with van der Waals surface area (Å²) in [5.74, 6) is 0.499. The maximum atomic E-state index is 11.9. The zero-order chi connectivity index (χ0) is 14.5. The predicted octanol–water partition coefficient (Wildman–Crippen LogP) is 2.06. The molecule has 0 fully saturated rings. The van der Waals surface area contributed by atoms with Crippen molar-refractivity contribution in [2.24, 2.45) is 0 Å². The number of aliphatic hydroxyl groups is 1. The first-order valence-electron chi connectivity index (χ1n) is 6.62. The number of benzene rings is 2. The Labute approximate surface area is 118 Å². The topological polar surface area (TPSA) is 58.6 Å². The van der Waals surface area contributed by atoms with E-state index >= 15 is 0 Å². The highest BCUT2D eigenvalue weighted by atomic mass is 16.5. The Morgan fingerprint density at radius 2 is 1.95 bits per heavy atom. The monoisotopic (exact) mass is 273 g/mol. The highest BCUT2D eigenvalue weighted by molar-refractivity contribution is 5.88. The average Bonchev–Trinajstić information content (AvgIpc) is 2.50. The molecule has 0 spiro atoms. The third kappa shape index (κ3) is 3.08. The zero-order valence-electron chi connectivity index (χ0n) is 11.7. The molecule has 0 aliphatic heterocycles. The molecule has 2 N–H and O–H groups in total. The standard InChI is InChI=1S/C16H19NO3/c1-11(16(19)17-7-8-18)12-3-4-14-10-15(20-2)6-5-13(14)9-12/h3-6,9-11,18H,7-8H2,1-2H3,(H,17,19)/t11-/m0/s1. The van der Waals surface area contributed by atoms with Gasteiger partial charge in [-0.15, -0.1) is 0 Å². The first-order chi connectivity index (χ1) is 9.65. The molecule has 0 aliphatic rings. The first-order valence-corrected chi connectivity index (χ1v) is 6.62. The van der Waals surface area contributed by atoms with Crippen molar-refractivity contribution in [3.05, 3.63) is 42.0 Å². The number of amides is 1. The maximum absolute atomic E-state index is 11.9. The van der Waals surface area contributed by atoms with Gasteiger partial charge < -0.3 is 15.2 Å². The van der Waals surface area contributed by atoms with Crippen LogP contribution in [0.25, 0.3) is 10.8 Å². The average molecular weight is 273 g/mol. The number of nitrogens with one attached hydrogen (secondary N) is 1. The molecule has 0 heterocycles. The summed E-state index contributed by atoms with van der Waals surface area (Å²) in [7, 11) is 1.64. The highest BCUT2D eigenvalue weighted by Gasteiger charge is 2.14. The van der Waals surface area contributed by atoms with Gasteiger partial charge in [-0.1, -0.05) is 24.3 Å². The summed E-state index contributed by atoms with van der Waals surface area (Å²) in [6.45, 7) is 2.10. The number of rotatable bonds is 5. The molecule has 106 valence electrons. The Morgan fingerprint density at radius 1 is 1.25 bits per heavy atom. The molecule has 4 nitrogen and oxygen atoms in total. The number of hydrogen-bond donors (Lipinski definition) is 2. The molecule has 1 amide bonds. The van der Waals surface area contributed by atoms with E-state index in [1.165, 1.54) is 0 Å². The number of carbonyl (C=O) groups is 1. The van der Waals surface area contributed by atoms with E-state index in [-0.39, 0.29) is 25.0 Å². The van der Waals surface area contributed by atoms with Crippen molar-refractivity contribution in [2.45, 2.75) is 12.8 Å². The van der Waals surface area contributed by atoms with Crippen LogP contribution in [0.2, 0.25) is 0 Å². The van der Waals surface area contributed by atoms with Crippen molar-refractivity contribution in [1.29, 1.82) is 0 Å². The molecule has 0 aliphatic carbocycles. The minimum atomic E-state index is -0.243. The molecule has 0 bridgehead atoms. The maximum Gasteiger partial charge on any atom is 0.227 e. The van der Waals surface area contributed by atoms with Crippen molar-refractivity contribution < 1.29 is 14.6 Å². The van der Waals surface area contributed by atoms with Crippen molar-refractivity contribution in [2.75, 3.05) is 20.3 Å². The summed E-state index contributed by atoms with van der Waals surface area (Å²) in [6.07, 6.45) is 0. The molecular formula is C16H19NO3. The van der Waals surface area contributed by atoms with E-state index in [4.69, 9.17) is 9.84 Å². The fraction of sp³-hybridized carbons (Fsp3) is 0.312. The van der Waals surface area contributed by atoms with Gasteiger partial charge in [0.15, 0.2) is 0 Å². The molecule has 0 aromatic heterocycles. The lowest BCUT2D eigenvalue weighted by atomic mass is 9.97. The minimum absolute atomic E-state index is 0.0457. The van der Waals surface area contributed by atoms with Gasteiger partial charge in [-0.05, 0) is 35.4 Å². The van der Waals surface area contributed by atoms with Crippen LogP contribution in [-0.2, 0) is 4.79 Å². The van der Waals surface area contributed by atoms with Crippen LogP contribution in [0.1, 0.15) is 18.4 Å². The van der Waals surface area contributed by atoms with Gasteiger partial charge in [0, 0.05) is 6.54 Å². The quantitative estimate of drug-likeness (QED) is 0.876. The lowest BCUT2D eigenvalue weighted by molar-refractivity contribution is -0.122. The SMILES string of the molecule is COc1ccc2cc([C@H](C)C(=O)NCCO)ccc2c1. The number of hydrogen-bond acceptors (Lipinski definition) is 3. The molecule has 0 radical (unpaired) electrons. The molecule has 0 saturated heterocycles. The Morgan fingerprint density at radius 3 is 2.65 bits per heavy atom. The number of aliphatic hydroxyl groups excluding tert-OH is 1. The van der Waals surface area contributed by atoms with E-state index in [0.717, 1.165) is 22.1 Å². The van der Waals surface area contributed by atoms with E-state index in [9.17, 15) is 4.79 Å². The molecule has 0 saturated carbocycles. The summed E-state index contributed by atoms with van der Waals surface area (Å²) in [4.78, 5) is 11.9. The van der Waals surface area contributed by atoms with Gasteiger partial charge in [0.1, 0.15) is 5.75 Å². The van der Waals surface area contributed by atoms with Crippen LogP contribution in [0, 0.1) is 0 Å². The minimum Gasteiger partial charge on any atom is -0.497 e. The van der Waals surface area contributed by atoms with Gasteiger partial charge in [-0.25, -0.2) is 0 Å². The van der Waals surface area contributed by atoms with Gasteiger partial charge in [0.25, 0.3) is 0 Å². The van der Waals surface area contributed by atoms with Crippen LogP contribution in [0.5, 0.6) is 5.75 Å². The second-order valence-corrected chi connectivity index (χ2v) is 4.71. The summed E-state index contributed by atoms with van der Waals surface area (Å²) >= 11 is 0. The van der Waals surface area contributed by atoms with E-state index in [1.54, 1.807) is 7.11 Å². The summed E-state index contributed by atoms with van der Waals surface area (Å²) < 4.78 is 5.19. The lowest BCUT2D eigenvalue weighted by Crippen LogP contribution is -2.30. The van der Waals surface area contributed by atoms with Gasteiger partial charge in [-0.2, -0.15) is 0 Å². The summed E-state index contributed by atoms with van der Waals surface area (Å²) in [5, 5.41) is 13.6. The van der Waals surface area contributed by atoms with Crippen molar-refractivity contribution in [3.8, 4) is 5.75 Å². The zero-order valence-corrected chi connectivity index (χ0v) is 11.7. The molecule has 4 heteroatoms. The van der Waals surface area contributed by atoms with Crippen LogP contribution in [0.3, 0.4) is 0 Å². The first kappa shape index (κ1) is 14.3. The number of carbonyl (C=O) groups excluding carboxylic acids is 1. The number of ether oxygens (including phenoxy) is 1. The van der Waals surface area contributed by atoms with Crippen LogP contribution in [0.15, 0.2) is 36.4 Å². The number of methoxy groups -OCH3 is 1. The van der Waals surface area contributed by atoms with Crippen LogP contribution < -0.4 is 10.1 Å². The second kappa shape index (κ2) is 6.39. The molecule has 2 rings (SSSR count). The van der Waals surface area contributed by atoms with Crippen molar-refractivity contribution in [3.63, 3.8) is 0 Å². The smallest absolute Gasteiger partial charge is 0.227 e. The summed E-state index contributed by atoms with van der Waals surface area (Å²) in [6, 6.07) is 11.8. The Hall–Kier alpha value is -2.07. The second-order valence-electron chi connectivity index (χ2n) is 4.71. The molecule has 2 aromatic rings. The Bertz CT molecular complexity index is 610. The normalized spacial score (nSPS) is 12.2. The van der Waals surface area contributed by atoms with E-state index in [0.29, 0.717) is 0 Å². The van der Waals surface area contributed by atoms with Crippen molar-refractivity contribution >= 4 is 16.7 Å².